The van der Waals surface area contributed by atoms with E-state index < -0.39 is 0 Å². The standard InChI is InChI=1S/C24H31N3O2S/c1-16(2)14-22(28)27-12-9-19(10-13-27)26-23(29)21-6-5-11-25-24(21)30-20-8-7-17(3)18(4)15-20/h5-8,11,15-16,19H,9-10,12-14H2,1-4H3,(H,26,29). The third-order valence-corrected chi connectivity index (χ3v) is 6.48. The van der Waals surface area contributed by atoms with Crippen molar-refractivity contribution < 1.29 is 9.59 Å². The average Bonchev–Trinajstić information content (AvgIpc) is 2.71. The predicted molar refractivity (Wildman–Crippen MR) is 121 cm³/mol. The van der Waals surface area contributed by atoms with E-state index in [9.17, 15) is 9.59 Å². The van der Waals surface area contributed by atoms with E-state index in [4.69, 9.17) is 0 Å². The molecule has 5 nitrogen and oxygen atoms in total. The van der Waals surface area contributed by atoms with E-state index in [-0.39, 0.29) is 17.9 Å². The second kappa shape index (κ2) is 10.1. The molecule has 6 heteroatoms. The van der Waals surface area contributed by atoms with Crippen LogP contribution in [-0.2, 0) is 4.79 Å². The van der Waals surface area contributed by atoms with Crippen LogP contribution in [0.25, 0.3) is 0 Å². The Hall–Kier alpha value is -2.34. The van der Waals surface area contributed by atoms with Crippen LogP contribution in [0.4, 0.5) is 0 Å². The summed E-state index contributed by atoms with van der Waals surface area (Å²) >= 11 is 1.51. The van der Waals surface area contributed by atoms with Crippen LogP contribution in [0.2, 0.25) is 0 Å². The minimum atomic E-state index is -0.0959. The van der Waals surface area contributed by atoms with Crippen LogP contribution in [0.3, 0.4) is 0 Å². The molecule has 0 aliphatic carbocycles. The van der Waals surface area contributed by atoms with Gasteiger partial charge >= 0.3 is 0 Å². The normalized spacial score (nSPS) is 14.8. The minimum Gasteiger partial charge on any atom is -0.349 e. The van der Waals surface area contributed by atoms with Gasteiger partial charge in [-0.15, -0.1) is 0 Å². The average molecular weight is 426 g/mol. The number of pyridine rings is 1. The molecule has 1 aromatic carbocycles. The molecule has 0 radical (unpaired) electrons. The topological polar surface area (TPSA) is 62.3 Å². The van der Waals surface area contributed by atoms with Crippen molar-refractivity contribution in [3.8, 4) is 0 Å². The van der Waals surface area contributed by atoms with Crippen LogP contribution in [0, 0.1) is 19.8 Å². The fourth-order valence-corrected chi connectivity index (χ4v) is 4.53. The molecule has 30 heavy (non-hydrogen) atoms. The summed E-state index contributed by atoms with van der Waals surface area (Å²) in [5, 5.41) is 3.86. The Labute approximate surface area is 183 Å². The van der Waals surface area contributed by atoms with Crippen LogP contribution in [0.5, 0.6) is 0 Å². The zero-order valence-corrected chi connectivity index (χ0v) is 19.1. The number of benzene rings is 1. The summed E-state index contributed by atoms with van der Waals surface area (Å²) in [5.41, 5.74) is 3.07. The summed E-state index contributed by atoms with van der Waals surface area (Å²) in [4.78, 5) is 32.7. The number of aromatic nitrogens is 1. The van der Waals surface area contributed by atoms with E-state index in [2.05, 4.69) is 56.2 Å². The van der Waals surface area contributed by atoms with Crippen molar-refractivity contribution in [1.82, 2.24) is 15.2 Å². The second-order valence-corrected chi connectivity index (χ2v) is 9.49. The lowest BCUT2D eigenvalue weighted by Gasteiger charge is -2.33. The lowest BCUT2D eigenvalue weighted by molar-refractivity contribution is -0.133. The maximum Gasteiger partial charge on any atom is 0.254 e. The van der Waals surface area contributed by atoms with E-state index in [1.54, 1.807) is 12.3 Å². The van der Waals surface area contributed by atoms with Gasteiger partial charge in [-0.2, -0.15) is 0 Å². The lowest BCUT2D eigenvalue weighted by Crippen LogP contribution is -2.46. The number of rotatable bonds is 6. The molecule has 1 aliphatic rings. The Morgan fingerprint density at radius 2 is 1.90 bits per heavy atom. The zero-order chi connectivity index (χ0) is 21.7. The lowest BCUT2D eigenvalue weighted by atomic mass is 10.0. The fourth-order valence-electron chi connectivity index (χ4n) is 3.55. The number of piperidine rings is 1. The van der Waals surface area contributed by atoms with Crippen LogP contribution in [0.15, 0.2) is 46.5 Å². The highest BCUT2D eigenvalue weighted by atomic mass is 32.2. The molecule has 3 rings (SSSR count). The summed E-state index contributed by atoms with van der Waals surface area (Å²) in [7, 11) is 0. The summed E-state index contributed by atoms with van der Waals surface area (Å²) in [5.74, 6) is 0.490. The first-order valence-corrected chi connectivity index (χ1v) is 11.4. The molecule has 0 saturated carbocycles. The van der Waals surface area contributed by atoms with E-state index in [0.717, 1.165) is 17.7 Å². The molecule has 0 bridgehead atoms. The van der Waals surface area contributed by atoms with Crippen LogP contribution in [-0.4, -0.2) is 40.8 Å². The van der Waals surface area contributed by atoms with Crippen LogP contribution in [0.1, 0.15) is 54.6 Å². The molecule has 2 aromatic rings. The Balaban J connectivity index is 1.61. The van der Waals surface area contributed by atoms with Crippen molar-refractivity contribution in [3.63, 3.8) is 0 Å². The van der Waals surface area contributed by atoms with Crippen molar-refractivity contribution >= 4 is 23.6 Å². The maximum absolute atomic E-state index is 13.0. The van der Waals surface area contributed by atoms with Gasteiger partial charge in [0, 0.05) is 36.6 Å². The summed E-state index contributed by atoms with van der Waals surface area (Å²) in [6.07, 6.45) is 3.88. The number of aryl methyl sites for hydroxylation is 2. The monoisotopic (exact) mass is 425 g/mol. The highest BCUT2D eigenvalue weighted by molar-refractivity contribution is 7.99. The molecule has 160 valence electrons. The molecular formula is C24H31N3O2S. The van der Waals surface area contributed by atoms with Gasteiger partial charge in [0.15, 0.2) is 0 Å². The number of nitrogens with one attached hydrogen (secondary N) is 1. The van der Waals surface area contributed by atoms with E-state index >= 15 is 0 Å². The van der Waals surface area contributed by atoms with Crippen molar-refractivity contribution in [1.29, 1.82) is 0 Å². The number of likely N-dealkylation sites (tertiary alicyclic amines) is 1. The summed E-state index contributed by atoms with van der Waals surface area (Å²) in [6.45, 7) is 9.70. The number of hydrogen-bond acceptors (Lipinski definition) is 4. The van der Waals surface area contributed by atoms with Crippen molar-refractivity contribution in [2.75, 3.05) is 13.1 Å². The number of carbonyl (C=O) groups excluding carboxylic acids is 2. The van der Waals surface area contributed by atoms with Crippen molar-refractivity contribution in [2.45, 2.75) is 62.9 Å². The minimum absolute atomic E-state index is 0.0836. The molecule has 1 N–H and O–H groups in total. The van der Waals surface area contributed by atoms with Gasteiger partial charge in [-0.05, 0) is 68.0 Å². The first-order valence-electron chi connectivity index (χ1n) is 10.6. The molecule has 1 aliphatic heterocycles. The van der Waals surface area contributed by atoms with Crippen molar-refractivity contribution in [3.05, 3.63) is 53.2 Å². The first kappa shape index (κ1) is 22.3. The number of hydrogen-bond donors (Lipinski definition) is 1. The van der Waals surface area contributed by atoms with Crippen molar-refractivity contribution in [2.24, 2.45) is 5.92 Å². The van der Waals surface area contributed by atoms with Crippen LogP contribution < -0.4 is 5.32 Å². The highest BCUT2D eigenvalue weighted by Gasteiger charge is 2.25. The molecule has 2 amide bonds. The molecule has 0 spiro atoms. The fraction of sp³-hybridized carbons (Fsp3) is 0.458. The largest absolute Gasteiger partial charge is 0.349 e. The number of carbonyl (C=O) groups is 2. The molecule has 2 heterocycles. The zero-order valence-electron chi connectivity index (χ0n) is 18.3. The van der Waals surface area contributed by atoms with Gasteiger partial charge in [-0.25, -0.2) is 4.98 Å². The summed E-state index contributed by atoms with van der Waals surface area (Å²) in [6, 6.07) is 9.99. The molecule has 1 saturated heterocycles. The Morgan fingerprint density at radius 3 is 2.57 bits per heavy atom. The highest BCUT2D eigenvalue weighted by Crippen LogP contribution is 2.30. The van der Waals surface area contributed by atoms with Gasteiger partial charge in [0.2, 0.25) is 5.91 Å². The van der Waals surface area contributed by atoms with E-state index in [0.29, 0.717) is 36.0 Å². The third kappa shape index (κ3) is 5.85. The van der Waals surface area contributed by atoms with Gasteiger partial charge in [-0.3, -0.25) is 9.59 Å². The Morgan fingerprint density at radius 1 is 1.17 bits per heavy atom. The molecule has 1 aromatic heterocycles. The molecule has 0 atom stereocenters. The maximum atomic E-state index is 13.0. The SMILES string of the molecule is Cc1ccc(Sc2ncccc2C(=O)NC2CCN(C(=O)CC(C)C)CC2)cc1C. The predicted octanol–water partition coefficient (Wildman–Crippen LogP) is 4.62. The quantitative estimate of drug-likeness (QED) is 0.734. The first-order chi connectivity index (χ1) is 14.3. The Kier molecular flexibility index (Phi) is 7.53. The van der Waals surface area contributed by atoms with Crippen LogP contribution >= 0.6 is 11.8 Å². The molecule has 0 unspecified atom stereocenters. The van der Waals surface area contributed by atoms with E-state index in [1.165, 1.54) is 22.9 Å². The van der Waals surface area contributed by atoms with E-state index in [1.807, 2.05) is 11.0 Å². The van der Waals surface area contributed by atoms with Gasteiger partial charge in [0.25, 0.3) is 5.91 Å². The van der Waals surface area contributed by atoms with Gasteiger partial charge in [0.05, 0.1) is 5.56 Å². The molecular weight excluding hydrogens is 394 g/mol. The smallest absolute Gasteiger partial charge is 0.254 e. The second-order valence-electron chi connectivity index (χ2n) is 8.43. The number of amides is 2. The molecule has 1 fully saturated rings. The van der Waals surface area contributed by atoms with Gasteiger partial charge in [0.1, 0.15) is 5.03 Å². The Bertz CT molecular complexity index is 905. The third-order valence-electron chi connectivity index (χ3n) is 5.47. The number of nitrogens with zero attached hydrogens (tertiary/aromatic N) is 2. The van der Waals surface area contributed by atoms with Gasteiger partial charge in [-0.1, -0.05) is 31.7 Å². The summed E-state index contributed by atoms with van der Waals surface area (Å²) < 4.78 is 0. The van der Waals surface area contributed by atoms with Gasteiger partial charge < -0.3 is 10.2 Å².